The van der Waals surface area contributed by atoms with E-state index in [0.717, 1.165) is 25.9 Å². The van der Waals surface area contributed by atoms with E-state index >= 15 is 0 Å². The molecule has 0 spiro atoms. The molecule has 2 aliphatic heterocycles. The summed E-state index contributed by atoms with van der Waals surface area (Å²) >= 11 is 0. The highest BCUT2D eigenvalue weighted by Crippen LogP contribution is 2.25. The zero-order chi connectivity index (χ0) is 21.0. The maximum absolute atomic E-state index is 12.9. The van der Waals surface area contributed by atoms with Gasteiger partial charge in [-0.2, -0.15) is 4.31 Å². The lowest BCUT2D eigenvalue weighted by atomic mass is 10.1. The molecule has 6 nitrogen and oxygen atoms in total. The van der Waals surface area contributed by atoms with Crippen LogP contribution in [0.5, 0.6) is 0 Å². The zero-order valence-electron chi connectivity index (χ0n) is 17.2. The van der Waals surface area contributed by atoms with Gasteiger partial charge in [-0.3, -0.25) is 9.69 Å². The Hall–Kier alpha value is -2.22. The Morgan fingerprint density at radius 1 is 0.900 bits per heavy atom. The fraction of sp³-hybridized carbons (Fsp3) is 0.435. The summed E-state index contributed by atoms with van der Waals surface area (Å²) in [5.74, 6) is -0.242. The topological polar surface area (TPSA) is 69.7 Å². The lowest BCUT2D eigenvalue weighted by Gasteiger charge is -2.28. The second-order valence-electron chi connectivity index (χ2n) is 8.02. The van der Waals surface area contributed by atoms with Crippen LogP contribution >= 0.6 is 0 Å². The van der Waals surface area contributed by atoms with Gasteiger partial charge in [-0.25, -0.2) is 8.42 Å². The van der Waals surface area contributed by atoms with Crippen molar-refractivity contribution in [2.45, 2.75) is 36.6 Å². The summed E-state index contributed by atoms with van der Waals surface area (Å²) in [7, 11) is -3.54. The number of hydrogen-bond donors (Lipinski definition) is 1. The summed E-state index contributed by atoms with van der Waals surface area (Å²) in [4.78, 5) is 15.5. The van der Waals surface area contributed by atoms with Crippen LogP contribution < -0.4 is 5.32 Å². The summed E-state index contributed by atoms with van der Waals surface area (Å²) < 4.78 is 27.1. The molecule has 2 aromatic carbocycles. The highest BCUT2D eigenvalue weighted by atomic mass is 32.2. The van der Waals surface area contributed by atoms with Gasteiger partial charge in [-0.1, -0.05) is 36.4 Å². The van der Waals surface area contributed by atoms with Gasteiger partial charge in [0.15, 0.2) is 0 Å². The monoisotopic (exact) mass is 427 g/mol. The second-order valence-corrected chi connectivity index (χ2v) is 9.96. The van der Waals surface area contributed by atoms with Crippen LogP contribution in [0.15, 0.2) is 59.5 Å². The minimum atomic E-state index is -3.54. The van der Waals surface area contributed by atoms with Gasteiger partial charge >= 0.3 is 0 Å². The van der Waals surface area contributed by atoms with E-state index in [0.29, 0.717) is 25.2 Å². The second kappa shape index (κ2) is 9.29. The quantitative estimate of drug-likeness (QED) is 0.737. The maximum Gasteiger partial charge on any atom is 0.251 e. The molecule has 2 aliphatic rings. The van der Waals surface area contributed by atoms with Crippen molar-refractivity contribution < 1.29 is 13.2 Å². The van der Waals surface area contributed by atoms with Gasteiger partial charge in [0.05, 0.1) is 10.9 Å². The average molecular weight is 428 g/mol. The SMILES string of the molecule is O=C(NC[C@@H](c1ccccc1)N1CCCC1)c1cccc(S(=O)(=O)N2CCCC2)c1. The summed E-state index contributed by atoms with van der Waals surface area (Å²) in [5, 5.41) is 3.03. The van der Waals surface area contributed by atoms with Crippen LogP contribution in [0.4, 0.5) is 0 Å². The van der Waals surface area contributed by atoms with Crippen molar-refractivity contribution >= 4 is 15.9 Å². The molecular weight excluding hydrogens is 398 g/mol. The van der Waals surface area contributed by atoms with Gasteiger partial charge in [0.2, 0.25) is 10.0 Å². The first-order chi connectivity index (χ1) is 14.6. The van der Waals surface area contributed by atoms with Gasteiger partial charge in [0.25, 0.3) is 5.91 Å². The van der Waals surface area contributed by atoms with Crippen LogP contribution in [0.1, 0.15) is 47.6 Å². The molecule has 0 bridgehead atoms. The number of likely N-dealkylation sites (tertiary alicyclic amines) is 1. The molecule has 4 rings (SSSR count). The van der Waals surface area contributed by atoms with Crippen LogP contribution in [0.25, 0.3) is 0 Å². The molecule has 1 amide bonds. The number of nitrogens with one attached hydrogen (secondary N) is 1. The predicted molar refractivity (Wildman–Crippen MR) is 117 cm³/mol. The molecule has 2 heterocycles. The Kier molecular flexibility index (Phi) is 6.51. The average Bonchev–Trinajstić information content (AvgIpc) is 3.49. The normalized spacial score (nSPS) is 19.1. The van der Waals surface area contributed by atoms with Crippen LogP contribution in [0, 0.1) is 0 Å². The molecule has 0 radical (unpaired) electrons. The van der Waals surface area contributed by atoms with E-state index in [1.54, 1.807) is 18.2 Å². The molecule has 2 aromatic rings. The first-order valence-corrected chi connectivity index (χ1v) is 12.2. The van der Waals surface area contributed by atoms with E-state index < -0.39 is 10.0 Å². The molecule has 2 saturated heterocycles. The standard InChI is InChI=1S/C23H29N3O3S/c27-23(20-11-8-12-21(17-20)30(28,29)26-15-6-7-16-26)24-18-22(25-13-4-5-14-25)19-9-2-1-3-10-19/h1-3,8-12,17,22H,4-7,13-16,18H2,(H,24,27)/t22-/m0/s1. The molecular formula is C23H29N3O3S. The third-order valence-corrected chi connectivity index (χ3v) is 7.92. The Morgan fingerprint density at radius 3 is 2.27 bits per heavy atom. The van der Waals surface area contributed by atoms with Crippen LogP contribution in [0.3, 0.4) is 0 Å². The van der Waals surface area contributed by atoms with Crippen molar-refractivity contribution in [3.05, 3.63) is 65.7 Å². The molecule has 1 atom stereocenters. The first-order valence-electron chi connectivity index (χ1n) is 10.7. The van der Waals surface area contributed by atoms with Crippen LogP contribution in [0.2, 0.25) is 0 Å². The third-order valence-electron chi connectivity index (χ3n) is 6.02. The van der Waals surface area contributed by atoms with Crippen LogP contribution in [-0.4, -0.2) is 56.3 Å². The molecule has 160 valence electrons. The van der Waals surface area contributed by atoms with Crippen molar-refractivity contribution in [2.75, 3.05) is 32.7 Å². The largest absolute Gasteiger partial charge is 0.350 e. The first kappa shape index (κ1) is 21.0. The lowest BCUT2D eigenvalue weighted by molar-refractivity contribution is 0.0937. The third kappa shape index (κ3) is 4.58. The highest BCUT2D eigenvalue weighted by molar-refractivity contribution is 7.89. The van der Waals surface area contributed by atoms with Crippen molar-refractivity contribution in [1.82, 2.24) is 14.5 Å². The van der Waals surface area contributed by atoms with Gasteiger partial charge in [-0.05, 0) is 62.5 Å². The van der Waals surface area contributed by atoms with Crippen molar-refractivity contribution in [1.29, 1.82) is 0 Å². The number of carbonyl (C=O) groups excluding carboxylic acids is 1. The summed E-state index contributed by atoms with van der Waals surface area (Å²) in [6.45, 7) is 3.64. The predicted octanol–water partition coefficient (Wildman–Crippen LogP) is 3.04. The molecule has 0 aromatic heterocycles. The van der Waals surface area contributed by atoms with E-state index in [9.17, 15) is 13.2 Å². The maximum atomic E-state index is 12.9. The minimum absolute atomic E-state index is 0.120. The molecule has 2 fully saturated rings. The number of sulfonamides is 1. The van der Waals surface area contributed by atoms with Crippen molar-refractivity contribution in [3.8, 4) is 0 Å². The number of hydrogen-bond acceptors (Lipinski definition) is 4. The smallest absolute Gasteiger partial charge is 0.251 e. The lowest BCUT2D eigenvalue weighted by Crippen LogP contribution is -2.37. The summed E-state index contributed by atoms with van der Waals surface area (Å²) in [5.41, 5.74) is 1.56. The van der Waals surface area contributed by atoms with Crippen LogP contribution in [-0.2, 0) is 10.0 Å². The molecule has 0 saturated carbocycles. The van der Waals surface area contributed by atoms with Gasteiger partial charge < -0.3 is 5.32 Å². The van der Waals surface area contributed by atoms with E-state index in [1.165, 1.54) is 28.8 Å². The Bertz CT molecular complexity index is 966. The molecule has 30 heavy (non-hydrogen) atoms. The summed E-state index contributed by atoms with van der Waals surface area (Å²) in [6, 6.07) is 16.7. The van der Waals surface area contributed by atoms with Crippen molar-refractivity contribution in [2.24, 2.45) is 0 Å². The fourth-order valence-electron chi connectivity index (χ4n) is 4.35. The van der Waals surface area contributed by atoms with E-state index in [4.69, 9.17) is 0 Å². The fourth-order valence-corrected chi connectivity index (χ4v) is 5.92. The number of carbonyl (C=O) groups is 1. The molecule has 0 aliphatic carbocycles. The number of amides is 1. The van der Waals surface area contributed by atoms with E-state index in [2.05, 4.69) is 22.3 Å². The van der Waals surface area contributed by atoms with E-state index in [-0.39, 0.29) is 16.8 Å². The van der Waals surface area contributed by atoms with E-state index in [1.807, 2.05) is 18.2 Å². The number of rotatable bonds is 7. The minimum Gasteiger partial charge on any atom is -0.350 e. The van der Waals surface area contributed by atoms with Gasteiger partial charge in [-0.15, -0.1) is 0 Å². The Morgan fingerprint density at radius 2 is 1.57 bits per heavy atom. The summed E-state index contributed by atoms with van der Waals surface area (Å²) in [6.07, 6.45) is 4.12. The Balaban J connectivity index is 1.48. The number of benzene rings is 2. The number of nitrogens with zero attached hydrogens (tertiary/aromatic N) is 2. The van der Waals surface area contributed by atoms with Crippen molar-refractivity contribution in [3.63, 3.8) is 0 Å². The Labute approximate surface area is 178 Å². The molecule has 7 heteroatoms. The zero-order valence-corrected chi connectivity index (χ0v) is 18.0. The van der Waals surface area contributed by atoms with Gasteiger partial charge in [0, 0.05) is 25.2 Å². The van der Waals surface area contributed by atoms with Gasteiger partial charge in [0.1, 0.15) is 0 Å². The highest BCUT2D eigenvalue weighted by Gasteiger charge is 2.28. The molecule has 0 unspecified atom stereocenters. The molecule has 1 N–H and O–H groups in total.